The third kappa shape index (κ3) is 3.26. The van der Waals surface area contributed by atoms with Crippen LogP contribution in [0.4, 0.5) is 0 Å². The van der Waals surface area contributed by atoms with E-state index in [1.165, 1.54) is 0 Å². The summed E-state index contributed by atoms with van der Waals surface area (Å²) >= 11 is 0. The van der Waals surface area contributed by atoms with Gasteiger partial charge in [0.2, 0.25) is 11.7 Å². The van der Waals surface area contributed by atoms with E-state index in [1.807, 2.05) is 7.05 Å². The molecule has 0 amide bonds. The second kappa shape index (κ2) is 5.60. The molecule has 0 aromatic carbocycles. The van der Waals surface area contributed by atoms with Crippen molar-refractivity contribution in [3.63, 3.8) is 0 Å². The number of nitrogens with one attached hydrogen (secondary N) is 1. The average molecular weight is 241 g/mol. The zero-order valence-corrected chi connectivity index (χ0v) is 11.6. The largest absolute Gasteiger partial charge is 0.373 e. The molecule has 0 saturated heterocycles. The highest BCUT2D eigenvalue weighted by Gasteiger charge is 2.31. The lowest BCUT2D eigenvalue weighted by Gasteiger charge is -2.26. The van der Waals surface area contributed by atoms with E-state index >= 15 is 0 Å². The summed E-state index contributed by atoms with van der Waals surface area (Å²) in [4.78, 5) is 4.42. The molecule has 0 bridgehead atoms. The van der Waals surface area contributed by atoms with Crippen LogP contribution in [0.25, 0.3) is 0 Å². The molecule has 0 radical (unpaired) electrons. The van der Waals surface area contributed by atoms with Crippen LogP contribution in [0.3, 0.4) is 0 Å². The molecule has 1 heterocycles. The summed E-state index contributed by atoms with van der Waals surface area (Å²) in [5.74, 6) is 1.24. The molecule has 1 N–H and O–H groups in total. The normalized spacial score (nSPS) is 15.9. The molecule has 2 atom stereocenters. The Bertz CT molecular complexity index is 340. The summed E-state index contributed by atoms with van der Waals surface area (Å²) in [7, 11) is 3.55. The SMILES string of the molecule is CCC(NC)c1nc(C(OC)C(C)(C)C)no1. The lowest BCUT2D eigenvalue weighted by atomic mass is 9.88. The number of hydrogen-bond acceptors (Lipinski definition) is 5. The van der Waals surface area contributed by atoms with Crippen molar-refractivity contribution < 1.29 is 9.26 Å². The van der Waals surface area contributed by atoms with Crippen LogP contribution in [0.5, 0.6) is 0 Å². The van der Waals surface area contributed by atoms with E-state index in [2.05, 4.69) is 43.2 Å². The second-order valence-corrected chi connectivity index (χ2v) is 5.22. The van der Waals surface area contributed by atoms with E-state index in [4.69, 9.17) is 9.26 Å². The lowest BCUT2D eigenvalue weighted by molar-refractivity contribution is 0.00718. The van der Waals surface area contributed by atoms with Gasteiger partial charge in [0.15, 0.2) is 0 Å². The van der Waals surface area contributed by atoms with Crippen molar-refractivity contribution in [2.75, 3.05) is 14.2 Å². The van der Waals surface area contributed by atoms with Crippen molar-refractivity contribution in [2.24, 2.45) is 5.41 Å². The monoisotopic (exact) mass is 241 g/mol. The molecule has 0 aliphatic heterocycles. The van der Waals surface area contributed by atoms with Crippen LogP contribution in [0.2, 0.25) is 0 Å². The van der Waals surface area contributed by atoms with Gasteiger partial charge in [0.1, 0.15) is 6.10 Å². The highest BCUT2D eigenvalue weighted by molar-refractivity contribution is 4.98. The molecule has 0 aliphatic rings. The fraction of sp³-hybridized carbons (Fsp3) is 0.833. The molecule has 1 rings (SSSR count). The molecule has 1 aromatic heterocycles. The number of rotatable bonds is 5. The summed E-state index contributed by atoms with van der Waals surface area (Å²) in [5.41, 5.74) is -0.0583. The number of ether oxygens (including phenoxy) is 1. The zero-order chi connectivity index (χ0) is 13.1. The highest BCUT2D eigenvalue weighted by atomic mass is 16.5. The molecular weight excluding hydrogens is 218 g/mol. The third-order valence-electron chi connectivity index (χ3n) is 2.77. The molecule has 0 saturated carbocycles. The van der Waals surface area contributed by atoms with Crippen molar-refractivity contribution in [3.05, 3.63) is 11.7 Å². The molecule has 17 heavy (non-hydrogen) atoms. The van der Waals surface area contributed by atoms with Gasteiger partial charge in [0.25, 0.3) is 0 Å². The Morgan fingerprint density at radius 1 is 1.41 bits per heavy atom. The predicted octanol–water partition coefficient (Wildman–Crippen LogP) is 2.47. The number of nitrogens with zero attached hydrogens (tertiary/aromatic N) is 2. The smallest absolute Gasteiger partial charge is 0.243 e. The second-order valence-electron chi connectivity index (χ2n) is 5.22. The summed E-state index contributed by atoms with van der Waals surface area (Å²) in [6.07, 6.45) is 0.750. The van der Waals surface area contributed by atoms with Crippen LogP contribution >= 0.6 is 0 Å². The van der Waals surface area contributed by atoms with E-state index in [0.717, 1.165) is 6.42 Å². The van der Waals surface area contributed by atoms with Gasteiger partial charge < -0.3 is 14.6 Å². The van der Waals surface area contributed by atoms with Crippen LogP contribution in [0.15, 0.2) is 4.52 Å². The van der Waals surface area contributed by atoms with E-state index < -0.39 is 0 Å². The molecule has 2 unspecified atom stereocenters. The summed E-state index contributed by atoms with van der Waals surface area (Å²) in [5, 5.41) is 7.16. The molecule has 0 spiro atoms. The Labute approximate surface area is 103 Å². The van der Waals surface area contributed by atoms with Gasteiger partial charge in [0, 0.05) is 7.11 Å². The fourth-order valence-corrected chi connectivity index (χ4v) is 1.84. The quantitative estimate of drug-likeness (QED) is 0.858. The topological polar surface area (TPSA) is 60.2 Å². The van der Waals surface area contributed by atoms with Gasteiger partial charge in [-0.3, -0.25) is 0 Å². The van der Waals surface area contributed by atoms with Gasteiger partial charge in [-0.1, -0.05) is 32.9 Å². The van der Waals surface area contributed by atoms with Gasteiger partial charge in [-0.25, -0.2) is 0 Å². The maximum absolute atomic E-state index is 5.46. The van der Waals surface area contributed by atoms with Gasteiger partial charge in [0.05, 0.1) is 6.04 Å². The molecular formula is C12H23N3O2. The Morgan fingerprint density at radius 3 is 2.47 bits per heavy atom. The van der Waals surface area contributed by atoms with Gasteiger partial charge >= 0.3 is 0 Å². The average Bonchev–Trinajstić information content (AvgIpc) is 2.68. The third-order valence-corrected chi connectivity index (χ3v) is 2.77. The standard InChI is InChI=1S/C12H23N3O2/c1-7-8(13-5)11-14-10(15-17-11)9(16-6)12(2,3)4/h8-9,13H,7H2,1-6H3. The van der Waals surface area contributed by atoms with Crippen molar-refractivity contribution in [3.8, 4) is 0 Å². The van der Waals surface area contributed by atoms with Crippen molar-refractivity contribution in [1.29, 1.82) is 0 Å². The number of aromatic nitrogens is 2. The molecule has 5 heteroatoms. The minimum absolute atomic E-state index is 0.0583. The molecule has 0 aliphatic carbocycles. The predicted molar refractivity (Wildman–Crippen MR) is 65.6 cm³/mol. The van der Waals surface area contributed by atoms with Crippen molar-refractivity contribution in [2.45, 2.75) is 46.3 Å². The van der Waals surface area contributed by atoms with Crippen LogP contribution in [-0.2, 0) is 4.74 Å². The molecule has 5 nitrogen and oxygen atoms in total. The van der Waals surface area contributed by atoms with Crippen LogP contribution in [0.1, 0.15) is 58.0 Å². The number of methoxy groups -OCH3 is 1. The first-order valence-electron chi connectivity index (χ1n) is 5.97. The Morgan fingerprint density at radius 2 is 2.06 bits per heavy atom. The van der Waals surface area contributed by atoms with E-state index in [1.54, 1.807) is 7.11 Å². The first-order chi connectivity index (χ1) is 7.93. The Kier molecular flexibility index (Phi) is 4.65. The summed E-state index contributed by atoms with van der Waals surface area (Å²) < 4.78 is 10.7. The Balaban J connectivity index is 2.93. The number of hydrogen-bond donors (Lipinski definition) is 1. The first-order valence-corrected chi connectivity index (χ1v) is 5.97. The molecule has 1 aromatic rings. The van der Waals surface area contributed by atoms with Crippen LogP contribution < -0.4 is 5.32 Å². The lowest BCUT2D eigenvalue weighted by Crippen LogP contribution is -2.21. The fourth-order valence-electron chi connectivity index (χ4n) is 1.84. The van der Waals surface area contributed by atoms with Gasteiger partial charge in [-0.2, -0.15) is 4.98 Å². The van der Waals surface area contributed by atoms with Crippen LogP contribution in [0, 0.1) is 5.41 Å². The summed E-state index contributed by atoms with van der Waals surface area (Å²) in [6, 6.07) is 0.105. The van der Waals surface area contributed by atoms with Crippen molar-refractivity contribution >= 4 is 0 Å². The first kappa shape index (κ1) is 14.1. The van der Waals surface area contributed by atoms with Crippen LogP contribution in [-0.4, -0.2) is 24.3 Å². The minimum atomic E-state index is -0.158. The van der Waals surface area contributed by atoms with E-state index in [9.17, 15) is 0 Å². The van der Waals surface area contributed by atoms with Gasteiger partial charge in [-0.05, 0) is 18.9 Å². The minimum Gasteiger partial charge on any atom is -0.373 e. The van der Waals surface area contributed by atoms with E-state index in [0.29, 0.717) is 11.7 Å². The Hall–Kier alpha value is -0.940. The summed E-state index contributed by atoms with van der Waals surface area (Å²) in [6.45, 7) is 8.34. The van der Waals surface area contributed by atoms with E-state index in [-0.39, 0.29) is 17.6 Å². The molecule has 98 valence electrons. The maximum atomic E-state index is 5.46. The highest BCUT2D eigenvalue weighted by Crippen LogP contribution is 2.34. The zero-order valence-electron chi connectivity index (χ0n) is 11.6. The maximum Gasteiger partial charge on any atom is 0.243 e. The van der Waals surface area contributed by atoms with Crippen molar-refractivity contribution in [1.82, 2.24) is 15.5 Å². The molecule has 0 fully saturated rings. The van der Waals surface area contributed by atoms with Gasteiger partial charge in [-0.15, -0.1) is 0 Å².